The predicted molar refractivity (Wildman–Crippen MR) is 92.9 cm³/mol. The Kier molecular flexibility index (Phi) is 6.02. The number of nitro groups is 1. The van der Waals surface area contributed by atoms with Gasteiger partial charge in [-0.25, -0.2) is 9.97 Å². The maximum absolute atomic E-state index is 11.5. The van der Waals surface area contributed by atoms with E-state index in [2.05, 4.69) is 20.6 Å². The molecule has 1 aromatic carbocycles. The van der Waals surface area contributed by atoms with E-state index in [0.29, 0.717) is 13.2 Å². The van der Waals surface area contributed by atoms with Crippen LogP contribution in [-0.2, 0) is 4.74 Å². The highest BCUT2D eigenvalue weighted by atomic mass is 16.6. The molecular formula is C16H21N5O3. The van der Waals surface area contributed by atoms with Gasteiger partial charge in [0.05, 0.1) is 4.92 Å². The van der Waals surface area contributed by atoms with Crippen molar-refractivity contribution >= 4 is 23.0 Å². The molecule has 0 aliphatic carbocycles. The van der Waals surface area contributed by atoms with Crippen LogP contribution in [0.15, 0.2) is 24.5 Å². The third-order valence-corrected chi connectivity index (χ3v) is 3.59. The van der Waals surface area contributed by atoms with Gasteiger partial charge in [-0.05, 0) is 43.5 Å². The zero-order valence-corrected chi connectivity index (χ0v) is 14.0. The Morgan fingerprint density at radius 3 is 2.62 bits per heavy atom. The van der Waals surface area contributed by atoms with Gasteiger partial charge in [-0.2, -0.15) is 0 Å². The van der Waals surface area contributed by atoms with Crippen LogP contribution in [-0.4, -0.2) is 35.2 Å². The van der Waals surface area contributed by atoms with Gasteiger partial charge in [0.25, 0.3) is 0 Å². The van der Waals surface area contributed by atoms with Crippen molar-refractivity contribution in [1.82, 2.24) is 9.97 Å². The van der Waals surface area contributed by atoms with Crippen LogP contribution in [0.2, 0.25) is 0 Å². The number of hydrogen-bond donors (Lipinski definition) is 2. The summed E-state index contributed by atoms with van der Waals surface area (Å²) in [6.07, 6.45) is 2.02. The number of hydrogen-bond acceptors (Lipinski definition) is 7. The Morgan fingerprint density at radius 2 is 1.96 bits per heavy atom. The van der Waals surface area contributed by atoms with Crippen LogP contribution >= 0.6 is 0 Å². The molecule has 2 rings (SSSR count). The first kappa shape index (κ1) is 17.6. The van der Waals surface area contributed by atoms with E-state index in [9.17, 15) is 10.1 Å². The number of ether oxygens (including phenoxy) is 1. The summed E-state index contributed by atoms with van der Waals surface area (Å²) in [6.45, 7) is 5.08. The molecule has 1 aromatic heterocycles. The Morgan fingerprint density at radius 1 is 1.21 bits per heavy atom. The van der Waals surface area contributed by atoms with Crippen LogP contribution in [0.4, 0.5) is 23.0 Å². The summed E-state index contributed by atoms with van der Waals surface area (Å²) in [4.78, 5) is 19.0. The van der Waals surface area contributed by atoms with E-state index in [-0.39, 0.29) is 17.3 Å². The Balaban J connectivity index is 2.25. The fraction of sp³-hybridized carbons (Fsp3) is 0.375. The van der Waals surface area contributed by atoms with Gasteiger partial charge in [0.1, 0.15) is 6.33 Å². The molecule has 0 saturated carbocycles. The van der Waals surface area contributed by atoms with Gasteiger partial charge < -0.3 is 15.4 Å². The quantitative estimate of drug-likeness (QED) is 0.435. The molecule has 0 aliphatic heterocycles. The molecule has 0 amide bonds. The fourth-order valence-electron chi connectivity index (χ4n) is 2.15. The molecule has 24 heavy (non-hydrogen) atoms. The summed E-state index contributed by atoms with van der Waals surface area (Å²) in [5.41, 5.74) is 2.81. The average Bonchev–Trinajstić information content (AvgIpc) is 2.55. The largest absolute Gasteiger partial charge is 0.385 e. The number of aromatic nitrogens is 2. The minimum atomic E-state index is -0.484. The number of anilines is 3. The molecule has 1 heterocycles. The standard InChI is InChI=1S/C16H21N5O3/c1-11-5-6-13(9-12(11)2)20-16-14(21(22)23)15(18-10-19-16)17-7-4-8-24-3/h5-6,9-10H,4,7-8H2,1-3H3,(H2,17,18,19,20). The average molecular weight is 331 g/mol. The van der Waals surface area contributed by atoms with Crippen LogP contribution in [0.1, 0.15) is 17.5 Å². The van der Waals surface area contributed by atoms with Crippen molar-refractivity contribution in [3.8, 4) is 0 Å². The lowest BCUT2D eigenvalue weighted by atomic mass is 10.1. The molecule has 0 radical (unpaired) electrons. The summed E-state index contributed by atoms with van der Waals surface area (Å²) < 4.78 is 4.96. The van der Waals surface area contributed by atoms with Crippen molar-refractivity contribution in [3.63, 3.8) is 0 Å². The van der Waals surface area contributed by atoms with Gasteiger partial charge in [-0.15, -0.1) is 0 Å². The Bertz CT molecular complexity index is 721. The second kappa shape index (κ2) is 8.21. The van der Waals surface area contributed by atoms with Crippen molar-refractivity contribution in [2.75, 3.05) is 30.9 Å². The minimum Gasteiger partial charge on any atom is -0.385 e. The maximum Gasteiger partial charge on any atom is 0.353 e. The first-order valence-corrected chi connectivity index (χ1v) is 7.59. The van der Waals surface area contributed by atoms with Crippen molar-refractivity contribution in [1.29, 1.82) is 0 Å². The molecule has 2 aromatic rings. The highest BCUT2D eigenvalue weighted by Crippen LogP contribution is 2.31. The molecule has 8 nitrogen and oxygen atoms in total. The zero-order chi connectivity index (χ0) is 17.5. The molecule has 0 fully saturated rings. The van der Waals surface area contributed by atoms with E-state index < -0.39 is 4.92 Å². The highest BCUT2D eigenvalue weighted by Gasteiger charge is 2.22. The molecule has 8 heteroatoms. The fourth-order valence-corrected chi connectivity index (χ4v) is 2.15. The summed E-state index contributed by atoms with van der Waals surface area (Å²) in [7, 11) is 1.61. The van der Waals surface area contributed by atoms with Gasteiger partial charge in [0.15, 0.2) is 0 Å². The number of methoxy groups -OCH3 is 1. The summed E-state index contributed by atoms with van der Waals surface area (Å²) in [5, 5.41) is 17.4. The summed E-state index contributed by atoms with van der Waals surface area (Å²) in [5.74, 6) is 0.352. The maximum atomic E-state index is 11.5. The second-order valence-corrected chi connectivity index (χ2v) is 5.37. The van der Waals surface area contributed by atoms with Crippen LogP contribution in [0.5, 0.6) is 0 Å². The van der Waals surface area contributed by atoms with E-state index >= 15 is 0 Å². The van der Waals surface area contributed by atoms with E-state index in [0.717, 1.165) is 23.2 Å². The first-order chi connectivity index (χ1) is 11.5. The normalized spacial score (nSPS) is 10.5. The Labute approximate surface area is 140 Å². The van der Waals surface area contributed by atoms with Gasteiger partial charge >= 0.3 is 5.69 Å². The van der Waals surface area contributed by atoms with Gasteiger partial charge in [0.2, 0.25) is 11.6 Å². The number of nitrogens with zero attached hydrogens (tertiary/aromatic N) is 3. The second-order valence-electron chi connectivity index (χ2n) is 5.37. The Hall–Kier alpha value is -2.74. The molecule has 0 spiro atoms. The molecule has 0 unspecified atom stereocenters. The van der Waals surface area contributed by atoms with E-state index in [1.165, 1.54) is 6.33 Å². The zero-order valence-electron chi connectivity index (χ0n) is 14.0. The van der Waals surface area contributed by atoms with Crippen molar-refractivity contribution < 1.29 is 9.66 Å². The molecular weight excluding hydrogens is 310 g/mol. The number of rotatable bonds is 8. The lowest BCUT2D eigenvalue weighted by Gasteiger charge is -2.11. The van der Waals surface area contributed by atoms with E-state index in [4.69, 9.17) is 4.74 Å². The molecule has 0 atom stereocenters. The topological polar surface area (TPSA) is 102 Å². The monoisotopic (exact) mass is 331 g/mol. The van der Waals surface area contributed by atoms with Gasteiger partial charge in [-0.3, -0.25) is 10.1 Å². The number of benzene rings is 1. The third-order valence-electron chi connectivity index (χ3n) is 3.59. The van der Waals surface area contributed by atoms with E-state index in [1.54, 1.807) is 7.11 Å². The molecule has 128 valence electrons. The van der Waals surface area contributed by atoms with Crippen molar-refractivity contribution in [3.05, 3.63) is 45.8 Å². The lowest BCUT2D eigenvalue weighted by Crippen LogP contribution is -2.10. The number of nitrogens with one attached hydrogen (secondary N) is 2. The smallest absolute Gasteiger partial charge is 0.353 e. The van der Waals surface area contributed by atoms with Crippen LogP contribution in [0.3, 0.4) is 0 Å². The summed E-state index contributed by atoms with van der Waals surface area (Å²) in [6, 6.07) is 5.74. The molecule has 0 bridgehead atoms. The van der Waals surface area contributed by atoms with E-state index in [1.807, 2.05) is 32.0 Å². The first-order valence-electron chi connectivity index (χ1n) is 7.59. The molecule has 0 aliphatic rings. The van der Waals surface area contributed by atoms with Gasteiger partial charge in [-0.1, -0.05) is 6.07 Å². The van der Waals surface area contributed by atoms with Crippen LogP contribution in [0.25, 0.3) is 0 Å². The van der Waals surface area contributed by atoms with Crippen molar-refractivity contribution in [2.45, 2.75) is 20.3 Å². The number of aryl methyl sites for hydroxylation is 2. The third kappa shape index (κ3) is 4.39. The van der Waals surface area contributed by atoms with Crippen molar-refractivity contribution in [2.24, 2.45) is 0 Å². The van der Waals surface area contributed by atoms with Crippen LogP contribution in [0, 0.1) is 24.0 Å². The summed E-state index contributed by atoms with van der Waals surface area (Å²) >= 11 is 0. The lowest BCUT2D eigenvalue weighted by molar-refractivity contribution is -0.383. The highest BCUT2D eigenvalue weighted by molar-refractivity contribution is 5.73. The van der Waals surface area contributed by atoms with Gasteiger partial charge in [0, 0.05) is 25.9 Å². The minimum absolute atomic E-state index is 0.160. The molecule has 2 N–H and O–H groups in total. The predicted octanol–water partition coefficient (Wildman–Crippen LogP) is 3.19. The SMILES string of the molecule is COCCCNc1ncnc(Nc2ccc(C)c(C)c2)c1[N+](=O)[O-]. The molecule has 0 saturated heterocycles. The van der Waals surface area contributed by atoms with Crippen LogP contribution < -0.4 is 10.6 Å².